The van der Waals surface area contributed by atoms with Crippen LogP contribution in [0, 0.1) is 6.92 Å². The number of pyridine rings is 1. The van der Waals surface area contributed by atoms with Crippen LogP contribution in [-0.2, 0) is 0 Å². The second-order valence-electron chi connectivity index (χ2n) is 9.28. The summed E-state index contributed by atoms with van der Waals surface area (Å²) < 4.78 is 5.78. The minimum Gasteiger partial charge on any atom is -0.478 e. The number of hydrogen-bond acceptors (Lipinski definition) is 6. The molecule has 0 amide bonds. The summed E-state index contributed by atoms with van der Waals surface area (Å²) in [7, 11) is 0. The number of aryl methyl sites for hydroxylation is 1. The van der Waals surface area contributed by atoms with Gasteiger partial charge in [-0.3, -0.25) is 4.90 Å². The van der Waals surface area contributed by atoms with Gasteiger partial charge in [0.05, 0.1) is 21.8 Å². The fourth-order valence-electron chi connectivity index (χ4n) is 4.48. The number of carbonyl (C=O) groups is 1. The maximum absolute atomic E-state index is 11.4. The van der Waals surface area contributed by atoms with E-state index in [1.165, 1.54) is 11.8 Å². The molecule has 0 aliphatic carbocycles. The summed E-state index contributed by atoms with van der Waals surface area (Å²) >= 11 is 6.58. The molecule has 9 heteroatoms. The van der Waals surface area contributed by atoms with Gasteiger partial charge in [0.15, 0.2) is 5.65 Å². The van der Waals surface area contributed by atoms with Crippen LogP contribution in [0.2, 0.25) is 5.02 Å². The predicted molar refractivity (Wildman–Crippen MR) is 141 cm³/mol. The molecule has 3 heterocycles. The number of aromatic carboxylic acids is 1. The van der Waals surface area contributed by atoms with Gasteiger partial charge in [0.2, 0.25) is 0 Å². The molecule has 2 aromatic heterocycles. The smallest absolute Gasteiger partial charge is 0.336 e. The minimum atomic E-state index is -1.01. The average molecular weight is 506 g/mol. The Kier molecular flexibility index (Phi) is 6.55. The number of carboxylic acids is 1. The number of nitrogens with one attached hydrogen (secondary N) is 1. The van der Waals surface area contributed by atoms with E-state index >= 15 is 0 Å². The van der Waals surface area contributed by atoms with E-state index in [1.54, 1.807) is 25.1 Å². The first-order valence-electron chi connectivity index (χ1n) is 12.0. The van der Waals surface area contributed by atoms with Crippen LogP contribution in [-0.4, -0.2) is 63.1 Å². The van der Waals surface area contributed by atoms with Crippen molar-refractivity contribution >= 4 is 34.4 Å². The Bertz CT molecular complexity index is 1410. The number of rotatable bonds is 6. The van der Waals surface area contributed by atoms with Gasteiger partial charge in [-0.25, -0.2) is 9.78 Å². The highest BCUT2D eigenvalue weighted by Gasteiger charge is 2.19. The predicted octanol–water partition coefficient (Wildman–Crippen LogP) is 5.61. The number of ether oxygens (including phenoxy) is 1. The summed E-state index contributed by atoms with van der Waals surface area (Å²) in [5, 5.41) is 9.85. The number of piperazine rings is 1. The van der Waals surface area contributed by atoms with E-state index in [4.69, 9.17) is 16.3 Å². The molecule has 0 saturated carbocycles. The molecule has 0 bridgehead atoms. The lowest BCUT2D eigenvalue weighted by Gasteiger charge is -2.38. The molecule has 2 N–H and O–H groups in total. The van der Waals surface area contributed by atoms with Gasteiger partial charge >= 0.3 is 12.0 Å². The zero-order valence-corrected chi connectivity index (χ0v) is 21.2. The second-order valence-corrected chi connectivity index (χ2v) is 9.69. The topological polar surface area (TPSA) is 94.6 Å². The molecular weight excluding hydrogens is 478 g/mol. The van der Waals surface area contributed by atoms with E-state index in [1.807, 2.05) is 12.1 Å². The van der Waals surface area contributed by atoms with Crippen molar-refractivity contribution in [2.24, 2.45) is 0 Å². The molecule has 0 spiro atoms. The van der Waals surface area contributed by atoms with Gasteiger partial charge in [-0.2, -0.15) is 4.98 Å². The lowest BCUT2D eigenvalue weighted by atomic mass is 10.1. The summed E-state index contributed by atoms with van der Waals surface area (Å²) in [6.45, 7) is 10.4. The minimum absolute atomic E-state index is 0.178. The van der Waals surface area contributed by atoms with E-state index in [0.717, 1.165) is 31.7 Å². The average Bonchev–Trinajstić information content (AvgIpc) is 3.25. The lowest BCUT2D eigenvalue weighted by molar-refractivity contribution is 0.0695. The van der Waals surface area contributed by atoms with Crippen molar-refractivity contribution in [2.75, 3.05) is 31.1 Å². The van der Waals surface area contributed by atoms with Gasteiger partial charge in [0.1, 0.15) is 5.75 Å². The van der Waals surface area contributed by atoms with E-state index in [-0.39, 0.29) is 11.6 Å². The molecule has 1 saturated heterocycles. The Morgan fingerprint density at radius 3 is 2.44 bits per heavy atom. The van der Waals surface area contributed by atoms with E-state index < -0.39 is 5.97 Å². The summed E-state index contributed by atoms with van der Waals surface area (Å²) in [6.07, 6.45) is 0. The van der Waals surface area contributed by atoms with E-state index in [9.17, 15) is 9.90 Å². The van der Waals surface area contributed by atoms with Crippen molar-refractivity contribution in [1.29, 1.82) is 0 Å². The molecule has 0 atom stereocenters. The van der Waals surface area contributed by atoms with Crippen LogP contribution in [0.4, 0.5) is 5.69 Å². The maximum atomic E-state index is 11.4. The monoisotopic (exact) mass is 505 g/mol. The number of H-pyrrole nitrogens is 1. The van der Waals surface area contributed by atoms with Crippen LogP contribution in [0.5, 0.6) is 11.8 Å². The summed E-state index contributed by atoms with van der Waals surface area (Å²) in [4.78, 5) is 28.5. The van der Waals surface area contributed by atoms with Crippen molar-refractivity contribution < 1.29 is 14.6 Å². The van der Waals surface area contributed by atoms with Crippen LogP contribution < -0.4 is 9.64 Å². The zero-order chi connectivity index (χ0) is 25.4. The first-order chi connectivity index (χ1) is 17.3. The summed E-state index contributed by atoms with van der Waals surface area (Å²) in [5.41, 5.74) is 4.66. The molecule has 1 aliphatic heterocycles. The fourth-order valence-corrected chi connectivity index (χ4v) is 4.74. The Labute approximate surface area is 214 Å². The molecule has 1 fully saturated rings. The Balaban J connectivity index is 1.35. The Hall–Kier alpha value is -3.62. The Morgan fingerprint density at radius 2 is 1.78 bits per heavy atom. The molecule has 36 heavy (non-hydrogen) atoms. The van der Waals surface area contributed by atoms with Gasteiger partial charge < -0.3 is 19.7 Å². The highest BCUT2D eigenvalue weighted by atomic mass is 35.5. The highest BCUT2D eigenvalue weighted by molar-refractivity contribution is 6.33. The van der Waals surface area contributed by atoms with Gasteiger partial charge in [-0.15, -0.1) is 0 Å². The molecule has 2 aromatic carbocycles. The molecule has 0 radical (unpaired) electrons. The van der Waals surface area contributed by atoms with Crippen LogP contribution in [0.25, 0.3) is 22.4 Å². The molecule has 5 rings (SSSR count). The van der Waals surface area contributed by atoms with Crippen LogP contribution >= 0.6 is 11.6 Å². The Morgan fingerprint density at radius 1 is 1.06 bits per heavy atom. The molecular formula is C27H28ClN5O3. The summed E-state index contributed by atoms with van der Waals surface area (Å²) in [6, 6.07) is 15.7. The number of imidazole rings is 1. The van der Waals surface area contributed by atoms with Crippen molar-refractivity contribution in [2.45, 2.75) is 26.8 Å². The van der Waals surface area contributed by atoms with Crippen LogP contribution in [0.3, 0.4) is 0 Å². The third-order valence-corrected chi connectivity index (χ3v) is 6.90. The number of fused-ring (bicyclic) bond motifs is 1. The second kappa shape index (κ2) is 9.79. The van der Waals surface area contributed by atoms with Crippen LogP contribution in [0.1, 0.15) is 29.8 Å². The number of aromatic amines is 1. The first-order valence-corrected chi connectivity index (χ1v) is 12.3. The number of hydrogen-bond donors (Lipinski definition) is 2. The van der Waals surface area contributed by atoms with Crippen molar-refractivity contribution in [3.8, 4) is 23.0 Å². The fraction of sp³-hybridized carbons (Fsp3) is 0.296. The number of carboxylic acid groups (broad SMARTS) is 1. The molecule has 186 valence electrons. The summed E-state index contributed by atoms with van der Waals surface area (Å²) in [5.74, 6) is -0.641. The van der Waals surface area contributed by atoms with Gasteiger partial charge in [-0.1, -0.05) is 29.8 Å². The third kappa shape index (κ3) is 4.87. The number of benzene rings is 2. The first kappa shape index (κ1) is 24.1. The number of aromatic nitrogens is 3. The zero-order valence-electron chi connectivity index (χ0n) is 20.5. The molecule has 1 aliphatic rings. The number of anilines is 1. The normalized spacial score (nSPS) is 14.5. The van der Waals surface area contributed by atoms with Crippen LogP contribution in [0.15, 0.2) is 48.5 Å². The van der Waals surface area contributed by atoms with E-state index in [0.29, 0.717) is 39.2 Å². The van der Waals surface area contributed by atoms with Crippen molar-refractivity contribution in [3.63, 3.8) is 0 Å². The standard InChI is InChI=1S/C27H28ClN5O3/c1-16(2)32-10-12-33(13-11-32)19-7-5-18(6-8-19)24-22(28)15-23-25(30-24)31-27(29-23)36-20-9-4-17(3)21(14-20)26(34)35/h4-9,14-16H,10-13H2,1-3H3,(H,34,35)(H,29,30,31). The number of halogens is 1. The van der Waals surface area contributed by atoms with E-state index in [2.05, 4.69) is 50.7 Å². The molecule has 0 unspecified atom stereocenters. The largest absolute Gasteiger partial charge is 0.478 e. The maximum Gasteiger partial charge on any atom is 0.336 e. The molecule has 4 aromatic rings. The lowest BCUT2D eigenvalue weighted by Crippen LogP contribution is -2.48. The van der Waals surface area contributed by atoms with Crippen molar-refractivity contribution in [3.05, 3.63) is 64.7 Å². The highest BCUT2D eigenvalue weighted by Crippen LogP contribution is 2.32. The van der Waals surface area contributed by atoms with Gasteiger partial charge in [-0.05, 0) is 56.7 Å². The molecule has 8 nitrogen and oxygen atoms in total. The van der Waals surface area contributed by atoms with Gasteiger partial charge in [0.25, 0.3) is 0 Å². The quantitative estimate of drug-likeness (QED) is 0.352. The third-order valence-electron chi connectivity index (χ3n) is 6.61. The number of nitrogens with zero attached hydrogens (tertiary/aromatic N) is 4. The SMILES string of the molecule is Cc1ccc(Oc2nc3nc(-c4ccc(N5CCN(C(C)C)CC5)cc4)c(Cl)cc3[nH]2)cc1C(=O)O. The van der Waals surface area contributed by atoms with Gasteiger partial charge in [0, 0.05) is 43.5 Å². The van der Waals surface area contributed by atoms with Crippen molar-refractivity contribution in [1.82, 2.24) is 19.9 Å².